The Labute approximate surface area is 111 Å². The summed E-state index contributed by atoms with van der Waals surface area (Å²) in [7, 11) is -3.10. The number of ketones is 1. The summed E-state index contributed by atoms with van der Waals surface area (Å²) in [5.41, 5.74) is 0. The zero-order chi connectivity index (χ0) is 13.8. The van der Waals surface area contributed by atoms with Gasteiger partial charge >= 0.3 is 0 Å². The Hall–Kier alpha value is -0.420. The first kappa shape index (κ1) is 15.6. The lowest BCUT2D eigenvalue weighted by molar-refractivity contribution is -0.123. The highest BCUT2D eigenvalue weighted by molar-refractivity contribution is 7.88. The topological polar surface area (TPSA) is 54.5 Å². The summed E-state index contributed by atoms with van der Waals surface area (Å²) < 4.78 is 24.5. The standard InChI is InChI=1S/C13H25NO3S/c1-4-6-11(2)13(15)9-12-7-5-8-14(10-12)18(3,16)17/h11-12H,4-10H2,1-3H3. The molecule has 1 rings (SSSR count). The summed E-state index contributed by atoms with van der Waals surface area (Å²) >= 11 is 0. The lowest BCUT2D eigenvalue weighted by Crippen LogP contribution is -2.40. The van der Waals surface area contributed by atoms with Crippen LogP contribution in [0, 0.1) is 11.8 Å². The highest BCUT2D eigenvalue weighted by Gasteiger charge is 2.28. The van der Waals surface area contributed by atoms with Crippen LogP contribution < -0.4 is 0 Å². The van der Waals surface area contributed by atoms with Crippen molar-refractivity contribution in [3.05, 3.63) is 0 Å². The minimum Gasteiger partial charge on any atom is -0.299 e. The van der Waals surface area contributed by atoms with Gasteiger partial charge in [0.15, 0.2) is 0 Å². The maximum atomic E-state index is 12.0. The molecule has 0 amide bonds. The molecule has 0 saturated carbocycles. The molecule has 0 aromatic heterocycles. The van der Waals surface area contributed by atoms with Gasteiger partial charge in [-0.1, -0.05) is 20.3 Å². The molecule has 0 bridgehead atoms. The quantitative estimate of drug-likeness (QED) is 0.745. The number of rotatable bonds is 6. The second kappa shape index (κ2) is 6.66. The van der Waals surface area contributed by atoms with Gasteiger partial charge in [-0.05, 0) is 25.2 Å². The second-order valence-corrected chi connectivity index (χ2v) is 7.47. The number of carbonyl (C=O) groups excluding carboxylic acids is 1. The molecule has 1 heterocycles. The Morgan fingerprint density at radius 3 is 2.67 bits per heavy atom. The van der Waals surface area contributed by atoms with Crippen molar-refractivity contribution in [2.75, 3.05) is 19.3 Å². The summed E-state index contributed by atoms with van der Waals surface area (Å²) in [6, 6.07) is 0. The van der Waals surface area contributed by atoms with E-state index in [9.17, 15) is 13.2 Å². The van der Waals surface area contributed by atoms with Crippen molar-refractivity contribution < 1.29 is 13.2 Å². The van der Waals surface area contributed by atoms with Crippen molar-refractivity contribution in [3.63, 3.8) is 0 Å². The van der Waals surface area contributed by atoms with Crippen LogP contribution in [0.15, 0.2) is 0 Å². The van der Waals surface area contributed by atoms with E-state index in [1.54, 1.807) is 0 Å². The molecule has 0 N–H and O–H groups in total. The van der Waals surface area contributed by atoms with Gasteiger partial charge in [0.05, 0.1) is 6.26 Å². The number of nitrogens with zero attached hydrogens (tertiary/aromatic N) is 1. The van der Waals surface area contributed by atoms with E-state index in [1.165, 1.54) is 10.6 Å². The van der Waals surface area contributed by atoms with Crippen molar-refractivity contribution in [2.24, 2.45) is 11.8 Å². The van der Waals surface area contributed by atoms with E-state index >= 15 is 0 Å². The number of sulfonamides is 1. The van der Waals surface area contributed by atoms with Gasteiger partial charge in [-0.15, -0.1) is 0 Å². The molecular formula is C13H25NO3S. The Morgan fingerprint density at radius 2 is 2.11 bits per heavy atom. The molecule has 1 fully saturated rings. The summed E-state index contributed by atoms with van der Waals surface area (Å²) in [5, 5.41) is 0. The number of hydrogen-bond donors (Lipinski definition) is 0. The molecule has 106 valence electrons. The molecule has 0 aromatic carbocycles. The number of hydrogen-bond acceptors (Lipinski definition) is 3. The average Bonchev–Trinajstić information content (AvgIpc) is 2.28. The van der Waals surface area contributed by atoms with Crippen molar-refractivity contribution in [3.8, 4) is 0 Å². The maximum absolute atomic E-state index is 12.0. The van der Waals surface area contributed by atoms with Crippen LogP contribution in [0.2, 0.25) is 0 Å². The van der Waals surface area contributed by atoms with Gasteiger partial charge in [0.25, 0.3) is 0 Å². The van der Waals surface area contributed by atoms with Crippen LogP contribution in [-0.4, -0.2) is 37.9 Å². The van der Waals surface area contributed by atoms with Gasteiger partial charge in [0, 0.05) is 25.4 Å². The molecule has 0 aromatic rings. The van der Waals surface area contributed by atoms with E-state index in [-0.39, 0.29) is 17.6 Å². The van der Waals surface area contributed by atoms with E-state index in [1.807, 2.05) is 6.92 Å². The van der Waals surface area contributed by atoms with Crippen molar-refractivity contribution in [1.29, 1.82) is 0 Å². The highest BCUT2D eigenvalue weighted by Crippen LogP contribution is 2.23. The van der Waals surface area contributed by atoms with E-state index in [0.29, 0.717) is 19.5 Å². The predicted octanol–water partition coefficient (Wildman–Crippen LogP) is 2.05. The van der Waals surface area contributed by atoms with E-state index in [4.69, 9.17) is 0 Å². The van der Waals surface area contributed by atoms with Crippen molar-refractivity contribution in [2.45, 2.75) is 46.0 Å². The van der Waals surface area contributed by atoms with Gasteiger partial charge < -0.3 is 0 Å². The first-order chi connectivity index (χ1) is 8.34. The summed E-state index contributed by atoms with van der Waals surface area (Å²) in [5.74, 6) is 0.612. The molecule has 4 nitrogen and oxygen atoms in total. The van der Waals surface area contributed by atoms with Gasteiger partial charge in [-0.2, -0.15) is 0 Å². The second-order valence-electron chi connectivity index (χ2n) is 5.49. The fraction of sp³-hybridized carbons (Fsp3) is 0.923. The largest absolute Gasteiger partial charge is 0.299 e. The molecule has 1 aliphatic heterocycles. The molecule has 2 unspecified atom stereocenters. The van der Waals surface area contributed by atoms with Crippen molar-refractivity contribution >= 4 is 15.8 Å². The van der Waals surface area contributed by atoms with E-state index < -0.39 is 10.0 Å². The van der Waals surface area contributed by atoms with E-state index in [2.05, 4.69) is 6.92 Å². The first-order valence-electron chi connectivity index (χ1n) is 6.82. The normalized spacial score (nSPS) is 23.8. The summed E-state index contributed by atoms with van der Waals surface area (Å²) in [6.45, 7) is 5.18. The van der Waals surface area contributed by atoms with Gasteiger partial charge in [0.2, 0.25) is 10.0 Å². The highest BCUT2D eigenvalue weighted by atomic mass is 32.2. The Bertz CT molecular complexity index is 378. The lowest BCUT2D eigenvalue weighted by Gasteiger charge is -2.31. The van der Waals surface area contributed by atoms with Gasteiger partial charge in [-0.3, -0.25) is 4.79 Å². The molecule has 0 aliphatic carbocycles. The van der Waals surface area contributed by atoms with Crippen LogP contribution >= 0.6 is 0 Å². The van der Waals surface area contributed by atoms with Crippen LogP contribution in [0.1, 0.15) is 46.0 Å². The van der Waals surface area contributed by atoms with Crippen LogP contribution in [0.4, 0.5) is 0 Å². The predicted molar refractivity (Wildman–Crippen MR) is 72.8 cm³/mol. The Balaban J connectivity index is 2.50. The van der Waals surface area contributed by atoms with Crippen LogP contribution in [-0.2, 0) is 14.8 Å². The minimum atomic E-state index is -3.10. The van der Waals surface area contributed by atoms with Crippen molar-refractivity contribution in [1.82, 2.24) is 4.31 Å². The van der Waals surface area contributed by atoms with Crippen LogP contribution in [0.5, 0.6) is 0 Å². The van der Waals surface area contributed by atoms with Gasteiger partial charge in [-0.25, -0.2) is 12.7 Å². The minimum absolute atomic E-state index is 0.114. The number of Topliss-reactive ketones (excluding diaryl/α,β-unsaturated/α-hetero) is 1. The average molecular weight is 275 g/mol. The molecule has 2 atom stereocenters. The van der Waals surface area contributed by atoms with E-state index in [0.717, 1.165) is 25.7 Å². The third-order valence-electron chi connectivity index (χ3n) is 3.71. The summed E-state index contributed by atoms with van der Waals surface area (Å²) in [4.78, 5) is 12.0. The Kier molecular flexibility index (Phi) is 5.79. The molecule has 18 heavy (non-hydrogen) atoms. The third kappa shape index (κ3) is 4.69. The zero-order valence-electron chi connectivity index (χ0n) is 11.7. The Morgan fingerprint density at radius 1 is 1.44 bits per heavy atom. The third-order valence-corrected chi connectivity index (χ3v) is 4.98. The zero-order valence-corrected chi connectivity index (χ0v) is 12.5. The maximum Gasteiger partial charge on any atom is 0.211 e. The number of piperidine rings is 1. The fourth-order valence-corrected chi connectivity index (χ4v) is 3.52. The number of carbonyl (C=O) groups is 1. The van der Waals surface area contributed by atoms with Gasteiger partial charge in [0.1, 0.15) is 5.78 Å². The SMILES string of the molecule is CCCC(C)C(=O)CC1CCCN(S(C)(=O)=O)C1. The van der Waals surface area contributed by atoms with Crippen LogP contribution in [0.3, 0.4) is 0 Å². The summed E-state index contributed by atoms with van der Waals surface area (Å²) in [6.07, 6.45) is 5.57. The van der Waals surface area contributed by atoms with Crippen LogP contribution in [0.25, 0.3) is 0 Å². The molecule has 1 aliphatic rings. The molecule has 1 saturated heterocycles. The molecule has 0 spiro atoms. The monoisotopic (exact) mass is 275 g/mol. The molecule has 0 radical (unpaired) electrons. The smallest absolute Gasteiger partial charge is 0.211 e. The first-order valence-corrected chi connectivity index (χ1v) is 8.67. The fourth-order valence-electron chi connectivity index (χ4n) is 2.57. The molecule has 5 heteroatoms. The molecular weight excluding hydrogens is 250 g/mol. The lowest BCUT2D eigenvalue weighted by atomic mass is 9.89.